The molecule has 0 aliphatic heterocycles. The third-order valence-corrected chi connectivity index (χ3v) is 1.78. The molecule has 0 unspecified atom stereocenters. The summed E-state index contributed by atoms with van der Waals surface area (Å²) in [4.78, 5) is 22.6. The number of carbonyl (C=O) groups excluding carboxylic acids is 1. The van der Waals surface area contributed by atoms with Crippen molar-refractivity contribution in [2.24, 2.45) is 0 Å². The Morgan fingerprint density at radius 1 is 1.69 bits per heavy atom. The Morgan fingerprint density at radius 2 is 2.38 bits per heavy atom. The third kappa shape index (κ3) is 2.48. The first-order valence-corrected chi connectivity index (χ1v) is 4.09. The molecule has 0 fully saturated rings. The van der Waals surface area contributed by atoms with Crippen molar-refractivity contribution in [2.45, 2.75) is 0 Å². The van der Waals surface area contributed by atoms with Crippen LogP contribution in [0.4, 0.5) is 0 Å². The molecule has 1 aromatic heterocycles. The molecule has 13 heavy (non-hydrogen) atoms. The van der Waals surface area contributed by atoms with Crippen molar-refractivity contribution < 1.29 is 14.7 Å². The van der Waals surface area contributed by atoms with E-state index < -0.39 is 11.9 Å². The molecule has 1 N–H and O–H groups in total. The smallest absolute Gasteiger partial charge is 0.323 e. The molecule has 0 atom stereocenters. The molecule has 0 saturated carbocycles. The van der Waals surface area contributed by atoms with Crippen LogP contribution >= 0.6 is 11.7 Å². The molecule has 0 radical (unpaired) electrons. The van der Waals surface area contributed by atoms with Gasteiger partial charge in [-0.25, -0.2) is 0 Å². The predicted octanol–water partition coefficient (Wildman–Crippen LogP) is -0.305. The zero-order chi connectivity index (χ0) is 9.84. The molecule has 0 aromatic carbocycles. The van der Waals surface area contributed by atoms with E-state index in [-0.39, 0.29) is 12.2 Å². The fourth-order valence-corrected chi connectivity index (χ4v) is 1.14. The second-order valence-corrected chi connectivity index (χ2v) is 2.90. The van der Waals surface area contributed by atoms with E-state index >= 15 is 0 Å². The highest BCUT2D eigenvalue weighted by Gasteiger charge is 2.16. The van der Waals surface area contributed by atoms with Crippen LogP contribution in [0, 0.1) is 0 Å². The van der Waals surface area contributed by atoms with Gasteiger partial charge in [0.05, 0.1) is 17.9 Å². The average Bonchev–Trinajstić information content (AvgIpc) is 2.53. The normalized spacial score (nSPS) is 9.62. The van der Waals surface area contributed by atoms with E-state index in [0.717, 1.165) is 16.6 Å². The molecule has 0 bridgehead atoms. The van der Waals surface area contributed by atoms with Crippen LogP contribution in [0.15, 0.2) is 6.20 Å². The van der Waals surface area contributed by atoms with Crippen LogP contribution in [-0.4, -0.2) is 44.2 Å². The Bertz CT molecular complexity index is 311. The lowest BCUT2D eigenvalue weighted by Gasteiger charge is -2.11. The van der Waals surface area contributed by atoms with Crippen molar-refractivity contribution in [3.8, 4) is 0 Å². The lowest BCUT2D eigenvalue weighted by Crippen LogP contribution is -2.32. The number of aliphatic carboxylic acids is 1. The molecule has 0 aliphatic carbocycles. The highest BCUT2D eigenvalue weighted by Crippen LogP contribution is 1.99. The lowest BCUT2D eigenvalue weighted by molar-refractivity contribution is -0.137. The van der Waals surface area contributed by atoms with Crippen LogP contribution in [0.5, 0.6) is 0 Å². The number of nitrogens with zero attached hydrogens (tertiary/aromatic N) is 3. The minimum atomic E-state index is -1.06. The molecule has 1 heterocycles. The van der Waals surface area contributed by atoms with Crippen LogP contribution < -0.4 is 0 Å². The van der Waals surface area contributed by atoms with Crippen molar-refractivity contribution in [1.82, 2.24) is 13.6 Å². The third-order valence-electron chi connectivity index (χ3n) is 1.30. The van der Waals surface area contributed by atoms with Crippen LogP contribution in [0.2, 0.25) is 0 Å². The maximum atomic E-state index is 11.3. The summed E-state index contributed by atoms with van der Waals surface area (Å²) in [6.07, 6.45) is 1.31. The van der Waals surface area contributed by atoms with Crippen LogP contribution in [0.3, 0.4) is 0 Å². The molecule has 0 saturated heterocycles. The van der Waals surface area contributed by atoms with Gasteiger partial charge >= 0.3 is 5.97 Å². The number of carbonyl (C=O) groups is 2. The number of carboxylic acid groups (broad SMARTS) is 1. The minimum absolute atomic E-state index is 0.175. The number of rotatable bonds is 3. The molecular weight excluding hydrogens is 194 g/mol. The summed E-state index contributed by atoms with van der Waals surface area (Å²) < 4.78 is 7.33. The van der Waals surface area contributed by atoms with Crippen molar-refractivity contribution in [3.63, 3.8) is 0 Å². The van der Waals surface area contributed by atoms with Crippen LogP contribution in [0.25, 0.3) is 0 Å². The molecule has 70 valence electrons. The van der Waals surface area contributed by atoms with Crippen molar-refractivity contribution >= 4 is 23.6 Å². The van der Waals surface area contributed by atoms with Crippen molar-refractivity contribution in [1.29, 1.82) is 0 Å². The fraction of sp³-hybridized carbons (Fsp3) is 0.333. The summed E-state index contributed by atoms with van der Waals surface area (Å²) in [5, 5.41) is 8.40. The summed E-state index contributed by atoms with van der Waals surface area (Å²) in [5.41, 5.74) is 0.175. The summed E-state index contributed by atoms with van der Waals surface area (Å²) in [5.74, 6) is -1.49. The van der Waals surface area contributed by atoms with E-state index in [2.05, 4.69) is 8.75 Å². The van der Waals surface area contributed by atoms with E-state index in [1.807, 2.05) is 0 Å². The van der Waals surface area contributed by atoms with Gasteiger partial charge in [-0.1, -0.05) is 0 Å². The summed E-state index contributed by atoms with van der Waals surface area (Å²) in [6.45, 7) is -0.337. The summed E-state index contributed by atoms with van der Waals surface area (Å²) in [6, 6.07) is 0. The van der Waals surface area contributed by atoms with Gasteiger partial charge in [-0.15, -0.1) is 0 Å². The number of hydrogen-bond donors (Lipinski definition) is 1. The van der Waals surface area contributed by atoms with Gasteiger partial charge in [-0.05, 0) is 0 Å². The average molecular weight is 201 g/mol. The molecule has 6 nitrogen and oxygen atoms in total. The molecule has 1 rings (SSSR count). The molecule has 1 aromatic rings. The summed E-state index contributed by atoms with van der Waals surface area (Å²) in [7, 11) is 1.40. The van der Waals surface area contributed by atoms with E-state index in [1.165, 1.54) is 13.2 Å². The first-order valence-electron chi connectivity index (χ1n) is 3.36. The molecule has 1 amide bonds. The Morgan fingerprint density at radius 3 is 2.85 bits per heavy atom. The van der Waals surface area contributed by atoms with Crippen molar-refractivity contribution in [2.75, 3.05) is 13.6 Å². The van der Waals surface area contributed by atoms with Crippen molar-refractivity contribution in [3.05, 3.63) is 11.9 Å². The minimum Gasteiger partial charge on any atom is -0.480 e. The monoisotopic (exact) mass is 201 g/mol. The molecular formula is C6H7N3O3S. The highest BCUT2D eigenvalue weighted by atomic mass is 32.1. The first kappa shape index (κ1) is 9.59. The number of carboxylic acids is 1. The Kier molecular flexibility index (Phi) is 2.91. The van der Waals surface area contributed by atoms with Gasteiger partial charge in [-0.3, -0.25) is 9.59 Å². The quantitative estimate of drug-likeness (QED) is 0.725. The largest absolute Gasteiger partial charge is 0.480 e. The number of amides is 1. The lowest BCUT2D eigenvalue weighted by atomic mass is 10.4. The Hall–Kier alpha value is -1.50. The van der Waals surface area contributed by atoms with E-state index in [9.17, 15) is 9.59 Å². The zero-order valence-electron chi connectivity index (χ0n) is 6.80. The maximum absolute atomic E-state index is 11.3. The van der Waals surface area contributed by atoms with E-state index in [4.69, 9.17) is 5.11 Å². The molecule has 0 aliphatic rings. The molecule has 7 heteroatoms. The number of aromatic nitrogens is 2. The Balaban J connectivity index is 2.63. The zero-order valence-corrected chi connectivity index (χ0v) is 7.61. The second-order valence-electron chi connectivity index (χ2n) is 2.35. The topological polar surface area (TPSA) is 83.4 Å². The molecule has 0 spiro atoms. The van der Waals surface area contributed by atoms with Gasteiger partial charge in [0.1, 0.15) is 6.54 Å². The van der Waals surface area contributed by atoms with Crippen LogP contribution in [0.1, 0.15) is 10.5 Å². The predicted molar refractivity (Wildman–Crippen MR) is 44.5 cm³/mol. The maximum Gasteiger partial charge on any atom is 0.323 e. The standard InChI is InChI=1S/C6H7N3O3S/c1-9(3-5(10)11)6(12)4-2-7-13-8-4/h2H,3H2,1H3,(H,10,11). The first-order chi connectivity index (χ1) is 6.11. The summed E-state index contributed by atoms with van der Waals surface area (Å²) >= 11 is 0.909. The second kappa shape index (κ2) is 3.94. The Labute approximate surface area is 78.1 Å². The number of likely N-dealkylation sites (N-methyl/N-ethyl adjacent to an activating group) is 1. The van der Waals surface area contributed by atoms with Gasteiger partial charge in [-0.2, -0.15) is 8.75 Å². The van der Waals surface area contributed by atoms with Gasteiger partial charge < -0.3 is 10.0 Å². The van der Waals surface area contributed by atoms with Crippen LogP contribution in [-0.2, 0) is 4.79 Å². The SMILES string of the molecule is CN(CC(=O)O)C(=O)c1cnsn1. The number of hydrogen-bond acceptors (Lipinski definition) is 5. The van der Waals surface area contributed by atoms with Gasteiger partial charge in [0.15, 0.2) is 5.69 Å². The van der Waals surface area contributed by atoms with E-state index in [0.29, 0.717) is 0 Å². The van der Waals surface area contributed by atoms with Gasteiger partial charge in [0.25, 0.3) is 5.91 Å². The van der Waals surface area contributed by atoms with Gasteiger partial charge in [0, 0.05) is 7.05 Å². The fourth-order valence-electron chi connectivity index (χ4n) is 0.729. The van der Waals surface area contributed by atoms with Gasteiger partial charge in [0.2, 0.25) is 0 Å². The highest BCUT2D eigenvalue weighted by molar-refractivity contribution is 6.99. The van der Waals surface area contributed by atoms with E-state index in [1.54, 1.807) is 0 Å².